The molecule has 0 aliphatic heterocycles. The maximum Gasteiger partial charge on any atom is 0.193 e. The predicted octanol–water partition coefficient (Wildman–Crippen LogP) is 1.25. The van der Waals surface area contributed by atoms with Crippen LogP contribution in [0, 0.1) is 5.41 Å². The van der Waals surface area contributed by atoms with Crippen LogP contribution in [0.4, 0.5) is 0 Å². The van der Waals surface area contributed by atoms with Crippen molar-refractivity contribution in [2.24, 2.45) is 11.1 Å². The van der Waals surface area contributed by atoms with Gasteiger partial charge in [-0.15, -0.1) is 11.3 Å². The fourth-order valence-electron chi connectivity index (χ4n) is 1.96. The van der Waals surface area contributed by atoms with Crippen LogP contribution >= 0.6 is 11.3 Å². The zero-order valence-electron chi connectivity index (χ0n) is 8.85. The molecule has 1 aliphatic carbocycles. The van der Waals surface area contributed by atoms with Crippen LogP contribution in [0.3, 0.4) is 0 Å². The molecule has 3 rings (SSSR count). The fraction of sp³-hybridized carbons (Fsp3) is 0.455. The lowest BCUT2D eigenvalue weighted by molar-refractivity contribution is -0.123. The maximum absolute atomic E-state index is 12.0. The van der Waals surface area contributed by atoms with Crippen LogP contribution in [0.25, 0.3) is 4.96 Å². The molecule has 4 nitrogen and oxygen atoms in total. The molecule has 2 aromatic rings. The maximum atomic E-state index is 12.0. The van der Waals surface area contributed by atoms with Crippen molar-refractivity contribution in [1.82, 2.24) is 9.38 Å². The number of carbonyl (C=O) groups is 1. The van der Waals surface area contributed by atoms with Gasteiger partial charge < -0.3 is 5.73 Å². The first-order valence-electron chi connectivity index (χ1n) is 5.38. The molecule has 2 aromatic heterocycles. The first-order valence-corrected chi connectivity index (χ1v) is 6.26. The lowest BCUT2D eigenvalue weighted by Gasteiger charge is -2.08. The first-order chi connectivity index (χ1) is 7.73. The monoisotopic (exact) mass is 235 g/mol. The molecule has 0 atom stereocenters. The van der Waals surface area contributed by atoms with Gasteiger partial charge in [-0.2, -0.15) is 0 Å². The minimum absolute atomic E-state index is 0.211. The van der Waals surface area contributed by atoms with Crippen LogP contribution in [0.1, 0.15) is 18.5 Å². The SMILES string of the molecule is NCC1(C(=O)Cc2cn3ccsc3n2)CC1. The molecule has 1 saturated carbocycles. The van der Waals surface area contributed by atoms with Crippen molar-refractivity contribution >= 4 is 22.1 Å². The van der Waals surface area contributed by atoms with Crippen molar-refractivity contribution in [1.29, 1.82) is 0 Å². The van der Waals surface area contributed by atoms with Crippen LogP contribution in [-0.4, -0.2) is 21.7 Å². The number of hydrogen-bond donors (Lipinski definition) is 1. The molecule has 1 aliphatic rings. The number of aromatic nitrogens is 2. The summed E-state index contributed by atoms with van der Waals surface area (Å²) >= 11 is 1.58. The standard InChI is InChI=1S/C11H13N3OS/c12-7-11(1-2-11)9(15)5-8-6-14-3-4-16-10(14)13-8/h3-4,6H,1-2,5,7,12H2. The van der Waals surface area contributed by atoms with E-state index in [0.29, 0.717) is 13.0 Å². The van der Waals surface area contributed by atoms with E-state index in [9.17, 15) is 4.79 Å². The Kier molecular flexibility index (Phi) is 2.12. The first kappa shape index (κ1) is 9.99. The Morgan fingerprint density at radius 1 is 1.62 bits per heavy atom. The molecule has 0 saturated heterocycles. The Morgan fingerprint density at radius 2 is 2.44 bits per heavy atom. The Hall–Kier alpha value is -1.20. The van der Waals surface area contributed by atoms with Crippen LogP contribution in [-0.2, 0) is 11.2 Å². The number of hydrogen-bond acceptors (Lipinski definition) is 4. The fourth-order valence-corrected chi connectivity index (χ4v) is 2.68. The highest BCUT2D eigenvalue weighted by molar-refractivity contribution is 7.15. The van der Waals surface area contributed by atoms with Gasteiger partial charge in [0.25, 0.3) is 0 Å². The van der Waals surface area contributed by atoms with Gasteiger partial charge in [0.2, 0.25) is 0 Å². The molecule has 84 valence electrons. The van der Waals surface area contributed by atoms with Gasteiger partial charge >= 0.3 is 0 Å². The summed E-state index contributed by atoms with van der Waals surface area (Å²) in [6.45, 7) is 0.480. The summed E-state index contributed by atoms with van der Waals surface area (Å²) in [5.41, 5.74) is 6.28. The van der Waals surface area contributed by atoms with E-state index in [4.69, 9.17) is 5.73 Å². The van der Waals surface area contributed by atoms with Crippen molar-refractivity contribution in [2.75, 3.05) is 6.54 Å². The predicted molar refractivity (Wildman–Crippen MR) is 62.5 cm³/mol. The Morgan fingerprint density at radius 3 is 3.06 bits per heavy atom. The van der Waals surface area contributed by atoms with Gasteiger partial charge in [0.05, 0.1) is 12.1 Å². The topological polar surface area (TPSA) is 60.4 Å². The van der Waals surface area contributed by atoms with E-state index >= 15 is 0 Å². The molecule has 0 radical (unpaired) electrons. The van der Waals surface area contributed by atoms with E-state index in [1.807, 2.05) is 22.2 Å². The molecule has 0 aromatic carbocycles. The number of nitrogens with zero attached hydrogens (tertiary/aromatic N) is 2. The third kappa shape index (κ3) is 1.47. The molecule has 2 N–H and O–H groups in total. The number of carbonyl (C=O) groups excluding carboxylic acids is 1. The van der Waals surface area contributed by atoms with Crippen LogP contribution in [0.15, 0.2) is 17.8 Å². The Bertz CT molecular complexity index is 510. The largest absolute Gasteiger partial charge is 0.329 e. The summed E-state index contributed by atoms with van der Waals surface area (Å²) in [5, 5.41) is 1.98. The summed E-state index contributed by atoms with van der Waals surface area (Å²) in [5.74, 6) is 0.251. The van der Waals surface area contributed by atoms with Crippen molar-refractivity contribution in [3.63, 3.8) is 0 Å². The average Bonchev–Trinajstić information content (AvgIpc) is 2.82. The van der Waals surface area contributed by atoms with E-state index in [1.54, 1.807) is 11.3 Å². The molecule has 0 unspecified atom stereocenters. The third-order valence-electron chi connectivity index (χ3n) is 3.32. The van der Waals surface area contributed by atoms with Crippen molar-refractivity contribution < 1.29 is 4.79 Å². The summed E-state index contributed by atoms with van der Waals surface area (Å²) < 4.78 is 1.95. The summed E-state index contributed by atoms with van der Waals surface area (Å²) in [4.78, 5) is 17.4. The molecule has 16 heavy (non-hydrogen) atoms. The smallest absolute Gasteiger partial charge is 0.193 e. The summed E-state index contributed by atoms with van der Waals surface area (Å²) in [7, 11) is 0. The van der Waals surface area contributed by atoms with E-state index < -0.39 is 0 Å². The zero-order valence-corrected chi connectivity index (χ0v) is 9.67. The summed E-state index contributed by atoms with van der Waals surface area (Å²) in [6.07, 6.45) is 6.20. The number of imidazole rings is 1. The highest BCUT2D eigenvalue weighted by atomic mass is 32.1. The zero-order chi connectivity index (χ0) is 11.2. The van der Waals surface area contributed by atoms with Gasteiger partial charge in [0, 0.05) is 29.7 Å². The molecule has 1 fully saturated rings. The van der Waals surface area contributed by atoms with Gasteiger partial charge in [0.1, 0.15) is 5.78 Å². The quantitative estimate of drug-likeness (QED) is 0.867. The number of nitrogens with two attached hydrogens (primary N) is 1. The van der Waals surface area contributed by atoms with Gasteiger partial charge in [0.15, 0.2) is 4.96 Å². The lowest BCUT2D eigenvalue weighted by Crippen LogP contribution is -2.26. The minimum Gasteiger partial charge on any atom is -0.329 e. The van der Waals surface area contributed by atoms with E-state index in [0.717, 1.165) is 23.5 Å². The van der Waals surface area contributed by atoms with Gasteiger partial charge in [-0.3, -0.25) is 9.20 Å². The summed E-state index contributed by atoms with van der Waals surface area (Å²) in [6, 6.07) is 0. The van der Waals surface area contributed by atoms with Crippen LogP contribution in [0.2, 0.25) is 0 Å². The molecule has 2 heterocycles. The lowest BCUT2D eigenvalue weighted by atomic mass is 9.98. The molecule has 0 spiro atoms. The van der Waals surface area contributed by atoms with Crippen LogP contribution in [0.5, 0.6) is 0 Å². The van der Waals surface area contributed by atoms with E-state index in [-0.39, 0.29) is 11.2 Å². The average molecular weight is 235 g/mol. The van der Waals surface area contributed by atoms with E-state index in [1.165, 1.54) is 0 Å². The van der Waals surface area contributed by atoms with Crippen molar-refractivity contribution in [3.8, 4) is 0 Å². The highest BCUT2D eigenvalue weighted by Gasteiger charge is 2.47. The third-order valence-corrected chi connectivity index (χ3v) is 4.09. The van der Waals surface area contributed by atoms with Gasteiger partial charge in [-0.1, -0.05) is 0 Å². The van der Waals surface area contributed by atoms with Crippen molar-refractivity contribution in [2.45, 2.75) is 19.3 Å². The molecular formula is C11H13N3OS. The number of fused-ring (bicyclic) bond motifs is 1. The number of rotatable bonds is 4. The minimum atomic E-state index is -0.211. The normalized spacial score (nSPS) is 17.8. The Balaban J connectivity index is 1.80. The highest BCUT2D eigenvalue weighted by Crippen LogP contribution is 2.45. The molecule has 0 bridgehead atoms. The second-order valence-corrected chi connectivity index (χ2v) is 5.28. The number of ketones is 1. The number of Topliss-reactive ketones (excluding diaryl/α,β-unsaturated/α-hetero) is 1. The molecule has 0 amide bonds. The van der Waals surface area contributed by atoms with Crippen LogP contribution < -0.4 is 5.73 Å². The molecular weight excluding hydrogens is 222 g/mol. The van der Waals surface area contributed by atoms with E-state index in [2.05, 4.69) is 4.98 Å². The second kappa shape index (κ2) is 3.40. The Labute approximate surface area is 97.1 Å². The van der Waals surface area contributed by atoms with Crippen molar-refractivity contribution in [3.05, 3.63) is 23.5 Å². The second-order valence-electron chi connectivity index (χ2n) is 4.41. The van der Waals surface area contributed by atoms with Gasteiger partial charge in [-0.05, 0) is 12.8 Å². The molecule has 5 heteroatoms. The van der Waals surface area contributed by atoms with Gasteiger partial charge in [-0.25, -0.2) is 4.98 Å². The number of thiazole rings is 1.